The third kappa shape index (κ3) is 3.98. The van der Waals surface area contributed by atoms with E-state index in [0.29, 0.717) is 17.1 Å². The van der Waals surface area contributed by atoms with Gasteiger partial charge in [-0.1, -0.05) is 23.7 Å². The molecule has 2 rings (SSSR count). The molecule has 0 heterocycles. The predicted octanol–water partition coefficient (Wildman–Crippen LogP) is 3.56. The molecule has 2 aromatic carbocycles. The predicted molar refractivity (Wildman–Crippen MR) is 81.8 cm³/mol. The Balaban J connectivity index is 1.91. The largest absolute Gasteiger partial charge is 0.478 e. The molecule has 21 heavy (non-hydrogen) atoms. The van der Waals surface area contributed by atoms with Gasteiger partial charge in [-0.3, -0.25) is 0 Å². The van der Waals surface area contributed by atoms with Crippen molar-refractivity contribution in [2.24, 2.45) is 0 Å². The molecule has 0 saturated heterocycles. The first-order valence-electron chi connectivity index (χ1n) is 6.36. The topological polar surface area (TPSA) is 73.1 Å². The van der Waals surface area contributed by atoms with E-state index in [-0.39, 0.29) is 5.56 Å². The number of halogens is 1. The molecule has 2 N–H and O–H groups in total. The molecule has 0 unspecified atom stereocenters. The van der Waals surface area contributed by atoms with Gasteiger partial charge in [0.15, 0.2) is 0 Å². The Labute approximate surface area is 127 Å². The summed E-state index contributed by atoms with van der Waals surface area (Å²) in [6.07, 6.45) is 0.761. The first-order valence-corrected chi connectivity index (χ1v) is 6.73. The lowest BCUT2D eigenvalue weighted by molar-refractivity contribution is 0.0697. The van der Waals surface area contributed by atoms with Crippen LogP contribution < -0.4 is 5.32 Å². The molecule has 4 nitrogen and oxygen atoms in total. The molecule has 0 fully saturated rings. The number of aromatic carboxylic acids is 1. The van der Waals surface area contributed by atoms with Gasteiger partial charge in [-0.15, -0.1) is 0 Å². The highest BCUT2D eigenvalue weighted by molar-refractivity contribution is 6.32. The van der Waals surface area contributed by atoms with Crippen LogP contribution in [0.3, 0.4) is 0 Å². The molecule has 0 saturated carbocycles. The van der Waals surface area contributed by atoms with Crippen molar-refractivity contribution in [3.63, 3.8) is 0 Å². The SMILES string of the molecule is N#Cc1ccc(NCCc2ccc(C(=O)O)cc2)cc1Cl. The van der Waals surface area contributed by atoms with Crippen LogP contribution in [0.1, 0.15) is 21.5 Å². The summed E-state index contributed by atoms with van der Waals surface area (Å²) in [5.74, 6) is -0.924. The Morgan fingerprint density at radius 3 is 2.52 bits per heavy atom. The summed E-state index contributed by atoms with van der Waals surface area (Å²) in [6.45, 7) is 0.689. The summed E-state index contributed by atoms with van der Waals surface area (Å²) >= 11 is 5.95. The van der Waals surface area contributed by atoms with E-state index in [2.05, 4.69) is 5.32 Å². The molecule has 5 heteroatoms. The van der Waals surface area contributed by atoms with Gasteiger partial charge in [-0.25, -0.2) is 4.79 Å². The zero-order chi connectivity index (χ0) is 15.2. The van der Waals surface area contributed by atoms with Crippen molar-refractivity contribution < 1.29 is 9.90 Å². The number of anilines is 1. The van der Waals surface area contributed by atoms with Gasteiger partial charge in [0.1, 0.15) is 6.07 Å². The monoisotopic (exact) mass is 300 g/mol. The number of carboxylic acid groups (broad SMARTS) is 1. The normalized spacial score (nSPS) is 9.90. The number of nitrogens with zero attached hydrogens (tertiary/aromatic N) is 1. The van der Waals surface area contributed by atoms with Crippen molar-refractivity contribution in [1.82, 2.24) is 0 Å². The highest BCUT2D eigenvalue weighted by Gasteiger charge is 2.03. The van der Waals surface area contributed by atoms with E-state index in [1.807, 2.05) is 6.07 Å². The number of nitrogens with one attached hydrogen (secondary N) is 1. The van der Waals surface area contributed by atoms with E-state index in [9.17, 15) is 4.79 Å². The van der Waals surface area contributed by atoms with Crippen molar-refractivity contribution in [2.75, 3.05) is 11.9 Å². The van der Waals surface area contributed by atoms with Crippen LogP contribution in [0, 0.1) is 11.3 Å². The fourth-order valence-corrected chi connectivity index (χ4v) is 2.10. The standard InChI is InChI=1S/C16H13ClN2O2/c17-15-9-14(6-5-13(15)10-18)19-8-7-11-1-3-12(4-2-11)16(20)21/h1-6,9,19H,7-8H2,(H,20,21). The first kappa shape index (κ1) is 14.9. The molecule has 2 aromatic rings. The molecule has 0 amide bonds. The molecular formula is C16H13ClN2O2. The molecule has 0 aromatic heterocycles. The van der Waals surface area contributed by atoms with E-state index < -0.39 is 5.97 Å². The van der Waals surface area contributed by atoms with Crippen LogP contribution in [0.4, 0.5) is 5.69 Å². The quantitative estimate of drug-likeness (QED) is 0.885. The molecule has 0 bridgehead atoms. The van der Waals surface area contributed by atoms with Crippen molar-refractivity contribution in [3.8, 4) is 6.07 Å². The van der Waals surface area contributed by atoms with Crippen LogP contribution in [0.5, 0.6) is 0 Å². The minimum Gasteiger partial charge on any atom is -0.478 e. The highest BCUT2D eigenvalue weighted by atomic mass is 35.5. The molecular weight excluding hydrogens is 288 g/mol. The van der Waals surface area contributed by atoms with Crippen LogP contribution in [0.2, 0.25) is 5.02 Å². The van der Waals surface area contributed by atoms with Crippen LogP contribution in [0.15, 0.2) is 42.5 Å². The van der Waals surface area contributed by atoms with Gasteiger partial charge in [-0.2, -0.15) is 5.26 Å². The van der Waals surface area contributed by atoms with E-state index in [1.54, 1.807) is 42.5 Å². The van der Waals surface area contributed by atoms with Crippen molar-refractivity contribution in [2.45, 2.75) is 6.42 Å². The number of carboxylic acids is 1. The third-order valence-corrected chi connectivity index (χ3v) is 3.35. The molecule has 106 valence electrons. The lowest BCUT2D eigenvalue weighted by Crippen LogP contribution is -2.05. The van der Waals surface area contributed by atoms with Crippen molar-refractivity contribution >= 4 is 23.3 Å². The van der Waals surface area contributed by atoms with Gasteiger partial charge in [0.2, 0.25) is 0 Å². The summed E-state index contributed by atoms with van der Waals surface area (Å²) in [5, 5.41) is 21.3. The number of hydrogen-bond acceptors (Lipinski definition) is 3. The molecule has 0 atom stereocenters. The Morgan fingerprint density at radius 1 is 1.24 bits per heavy atom. The minimum absolute atomic E-state index is 0.283. The van der Waals surface area contributed by atoms with Gasteiger partial charge in [0, 0.05) is 12.2 Å². The highest BCUT2D eigenvalue weighted by Crippen LogP contribution is 2.20. The zero-order valence-electron chi connectivity index (χ0n) is 11.1. The molecule has 0 aliphatic heterocycles. The lowest BCUT2D eigenvalue weighted by atomic mass is 10.1. The van der Waals surface area contributed by atoms with Gasteiger partial charge in [0.25, 0.3) is 0 Å². The van der Waals surface area contributed by atoms with E-state index in [0.717, 1.165) is 17.7 Å². The second kappa shape index (κ2) is 6.78. The van der Waals surface area contributed by atoms with Gasteiger partial charge < -0.3 is 10.4 Å². The zero-order valence-corrected chi connectivity index (χ0v) is 11.9. The minimum atomic E-state index is -0.924. The molecule has 0 aliphatic rings. The van der Waals surface area contributed by atoms with Gasteiger partial charge in [-0.05, 0) is 42.3 Å². The summed E-state index contributed by atoms with van der Waals surface area (Å²) in [5.41, 5.74) is 2.63. The maximum absolute atomic E-state index is 10.7. The lowest BCUT2D eigenvalue weighted by Gasteiger charge is -2.07. The van der Waals surface area contributed by atoms with Gasteiger partial charge >= 0.3 is 5.97 Å². The maximum Gasteiger partial charge on any atom is 0.335 e. The van der Waals surface area contributed by atoms with Crippen LogP contribution in [0.25, 0.3) is 0 Å². The van der Waals surface area contributed by atoms with E-state index in [1.165, 1.54) is 0 Å². The first-order chi connectivity index (χ1) is 10.1. The summed E-state index contributed by atoms with van der Waals surface area (Å²) in [4.78, 5) is 10.7. The molecule has 0 radical (unpaired) electrons. The summed E-state index contributed by atoms with van der Waals surface area (Å²) < 4.78 is 0. The Morgan fingerprint density at radius 2 is 1.95 bits per heavy atom. The van der Waals surface area contributed by atoms with Crippen LogP contribution in [-0.2, 0) is 6.42 Å². The fraction of sp³-hybridized carbons (Fsp3) is 0.125. The average Bonchev–Trinajstić information content (AvgIpc) is 2.48. The number of carbonyl (C=O) groups is 1. The van der Waals surface area contributed by atoms with Crippen LogP contribution in [-0.4, -0.2) is 17.6 Å². The second-order valence-electron chi connectivity index (χ2n) is 4.49. The van der Waals surface area contributed by atoms with E-state index in [4.69, 9.17) is 22.0 Å². The number of benzene rings is 2. The molecule has 0 aliphatic carbocycles. The van der Waals surface area contributed by atoms with Crippen LogP contribution >= 0.6 is 11.6 Å². The number of rotatable bonds is 5. The average molecular weight is 301 g/mol. The smallest absolute Gasteiger partial charge is 0.335 e. The Kier molecular flexibility index (Phi) is 4.81. The van der Waals surface area contributed by atoms with Crippen molar-refractivity contribution in [3.05, 3.63) is 64.2 Å². The van der Waals surface area contributed by atoms with Gasteiger partial charge in [0.05, 0.1) is 16.1 Å². The summed E-state index contributed by atoms with van der Waals surface area (Å²) in [6, 6.07) is 14.0. The maximum atomic E-state index is 10.7. The Hall–Kier alpha value is -2.51. The number of hydrogen-bond donors (Lipinski definition) is 2. The Bertz CT molecular complexity index is 690. The molecule has 0 spiro atoms. The van der Waals surface area contributed by atoms with E-state index >= 15 is 0 Å². The third-order valence-electron chi connectivity index (χ3n) is 3.03. The fourth-order valence-electron chi connectivity index (χ4n) is 1.88. The van der Waals surface area contributed by atoms with Crippen molar-refractivity contribution in [1.29, 1.82) is 5.26 Å². The number of nitriles is 1. The second-order valence-corrected chi connectivity index (χ2v) is 4.89. The summed E-state index contributed by atoms with van der Waals surface area (Å²) in [7, 11) is 0.